The molecule has 1 N–H and O–H groups in total. The van der Waals surface area contributed by atoms with Crippen molar-refractivity contribution in [1.29, 1.82) is 0 Å². The second-order valence-corrected chi connectivity index (χ2v) is 1.67. The minimum atomic E-state index is 0.300. The van der Waals surface area contributed by atoms with Gasteiger partial charge in [0.1, 0.15) is 4.64 Å². The Morgan fingerprint density at radius 2 is 2.11 bits per heavy atom. The van der Waals surface area contributed by atoms with Crippen LogP contribution in [0.3, 0.4) is 0 Å². The van der Waals surface area contributed by atoms with Crippen LogP contribution in [0.1, 0.15) is 0 Å². The summed E-state index contributed by atoms with van der Waals surface area (Å²) in [6.07, 6.45) is 1.81. The predicted octanol–water partition coefficient (Wildman–Crippen LogP) is 1.24. The summed E-state index contributed by atoms with van der Waals surface area (Å²) in [5, 5.41) is 0. The van der Waals surface area contributed by atoms with E-state index in [9.17, 15) is 0 Å². The van der Waals surface area contributed by atoms with E-state index in [2.05, 4.69) is 4.98 Å². The molecule has 2 radical (unpaired) electrons. The van der Waals surface area contributed by atoms with Crippen molar-refractivity contribution in [2.24, 2.45) is 0 Å². The molecule has 0 aliphatic carbocycles. The third kappa shape index (κ3) is 4.47. The number of hydrogen-bond donors (Lipinski definition) is 1. The van der Waals surface area contributed by atoms with E-state index in [1.54, 1.807) is 0 Å². The Bertz CT molecular complexity index is 195. The van der Waals surface area contributed by atoms with Crippen LogP contribution < -0.4 is 0 Å². The van der Waals surface area contributed by atoms with Crippen molar-refractivity contribution in [2.45, 2.75) is 0 Å². The second kappa shape index (κ2) is 6.09. The van der Waals surface area contributed by atoms with Crippen molar-refractivity contribution in [1.82, 2.24) is 4.98 Å². The molecule has 0 fully saturated rings. The number of rotatable bonds is 0. The van der Waals surface area contributed by atoms with Crippen molar-refractivity contribution >= 4 is 34.7 Å². The molecule has 0 bridgehead atoms. The van der Waals surface area contributed by atoms with E-state index in [0.29, 0.717) is 22.5 Å². The summed E-state index contributed by atoms with van der Waals surface area (Å²) in [6, 6.07) is 5.64. The fourth-order valence-electron chi connectivity index (χ4n) is 0.377. The zero-order chi connectivity index (χ0) is 7.11. The van der Waals surface area contributed by atoms with Crippen LogP contribution in [0.5, 0.6) is 0 Å². The van der Waals surface area contributed by atoms with Crippen molar-refractivity contribution in [3.05, 3.63) is 29.0 Å². The number of nitrogens with one attached hydrogen (secondary N) is 1. The molecule has 4 heteroatoms. The summed E-state index contributed by atoms with van der Waals surface area (Å²) in [5.41, 5.74) is 0. The molecule has 1 aromatic rings. The maximum absolute atomic E-state index is 8.34. The molecule has 0 aliphatic rings. The summed E-state index contributed by atoms with van der Waals surface area (Å²) >= 11 is 5.06. The van der Waals surface area contributed by atoms with Crippen LogP contribution in [0, 0.1) is 4.64 Å². The van der Waals surface area contributed by atoms with Crippen LogP contribution in [-0.2, 0) is 3.08 Å². The molecular formula is C5H5NOSSn. The molecule has 0 unspecified atom stereocenters. The first-order valence-electron chi connectivity index (χ1n) is 2.24. The van der Waals surface area contributed by atoms with Crippen LogP contribution in [-0.4, -0.2) is 27.5 Å². The summed E-state index contributed by atoms with van der Waals surface area (Å²) < 4.78 is 9.12. The molecule has 1 rings (SSSR count). The molecule has 0 aromatic carbocycles. The van der Waals surface area contributed by atoms with Gasteiger partial charge in [0, 0.05) is 6.20 Å². The fraction of sp³-hybridized carbons (Fsp3) is 0. The van der Waals surface area contributed by atoms with Gasteiger partial charge in [-0.15, -0.1) is 0 Å². The summed E-state index contributed by atoms with van der Waals surface area (Å²) in [5.74, 6) is 0. The Balaban J connectivity index is 0.000000291. The van der Waals surface area contributed by atoms with Crippen LogP contribution in [0.15, 0.2) is 24.4 Å². The zero-order valence-electron chi connectivity index (χ0n) is 4.63. The van der Waals surface area contributed by atoms with Crippen molar-refractivity contribution in [3.63, 3.8) is 0 Å². The maximum atomic E-state index is 8.34. The molecule has 0 amide bonds. The fourth-order valence-corrected chi connectivity index (χ4v) is 0.523. The van der Waals surface area contributed by atoms with E-state index in [1.807, 2.05) is 24.4 Å². The molecule has 2 nitrogen and oxygen atoms in total. The first kappa shape index (κ1) is 8.97. The number of hydrogen-bond acceptors (Lipinski definition) is 2. The van der Waals surface area contributed by atoms with Gasteiger partial charge < -0.3 is 4.98 Å². The van der Waals surface area contributed by atoms with Crippen molar-refractivity contribution in [2.75, 3.05) is 0 Å². The molecule has 0 aliphatic heterocycles. The third-order valence-corrected chi connectivity index (χ3v) is 0.934. The molecule has 0 saturated carbocycles. The van der Waals surface area contributed by atoms with E-state index in [0.717, 1.165) is 4.64 Å². The van der Waals surface area contributed by atoms with E-state index in [4.69, 9.17) is 15.3 Å². The number of H-pyrrole nitrogens is 1. The normalized spacial score (nSPS) is 7.11. The standard InChI is InChI=1S/C5H5NS.O.Sn/c7-5-3-1-2-4-6-5;;/h1-4H,(H,6,7);;. The number of pyridine rings is 1. The Kier molecular flexibility index (Phi) is 6.07. The molecule has 1 heterocycles. The Hall–Kier alpha value is -0.0313. The quantitative estimate of drug-likeness (QED) is 0.551. The SMILES string of the molecule is S=c1cccc[nH]1.[O]=[Sn]. The van der Waals surface area contributed by atoms with Gasteiger partial charge in [0.05, 0.1) is 0 Å². The summed E-state index contributed by atoms with van der Waals surface area (Å²) in [6.45, 7) is 0. The average molecular weight is 246 g/mol. The topological polar surface area (TPSA) is 32.9 Å². The summed E-state index contributed by atoms with van der Waals surface area (Å²) in [7, 11) is 0. The van der Waals surface area contributed by atoms with E-state index >= 15 is 0 Å². The van der Waals surface area contributed by atoms with Gasteiger partial charge in [-0.2, -0.15) is 0 Å². The summed E-state index contributed by atoms with van der Waals surface area (Å²) in [4.78, 5) is 2.85. The van der Waals surface area contributed by atoms with Crippen LogP contribution in [0.2, 0.25) is 0 Å². The van der Waals surface area contributed by atoms with Crippen LogP contribution in [0.4, 0.5) is 0 Å². The van der Waals surface area contributed by atoms with Crippen LogP contribution >= 0.6 is 12.2 Å². The van der Waals surface area contributed by atoms with Gasteiger partial charge in [-0.05, 0) is 12.1 Å². The predicted molar refractivity (Wildman–Crippen MR) is 38.1 cm³/mol. The molecule has 0 saturated heterocycles. The van der Waals surface area contributed by atoms with E-state index in [-0.39, 0.29) is 0 Å². The minimum absolute atomic E-state index is 0.300. The van der Waals surface area contributed by atoms with Crippen molar-refractivity contribution < 1.29 is 3.08 Å². The molecule has 0 spiro atoms. The first-order valence-corrected chi connectivity index (χ1v) is 3.81. The Labute approximate surface area is 71.8 Å². The third-order valence-electron chi connectivity index (χ3n) is 0.681. The molecule has 0 atom stereocenters. The first-order chi connectivity index (χ1) is 4.39. The van der Waals surface area contributed by atoms with Gasteiger partial charge in [0.15, 0.2) is 0 Å². The van der Waals surface area contributed by atoms with E-state index < -0.39 is 0 Å². The second-order valence-electron chi connectivity index (χ2n) is 1.23. The molecule has 1 aromatic heterocycles. The molecule has 46 valence electrons. The average Bonchev–Trinajstić information content (AvgIpc) is 1.94. The molecular weight excluding hydrogens is 241 g/mol. The Morgan fingerprint density at radius 3 is 2.33 bits per heavy atom. The van der Waals surface area contributed by atoms with Crippen molar-refractivity contribution in [3.8, 4) is 0 Å². The van der Waals surface area contributed by atoms with E-state index in [1.165, 1.54) is 0 Å². The van der Waals surface area contributed by atoms with Crippen LogP contribution in [0.25, 0.3) is 0 Å². The monoisotopic (exact) mass is 247 g/mol. The van der Waals surface area contributed by atoms with Gasteiger partial charge in [-0.3, -0.25) is 0 Å². The van der Waals surface area contributed by atoms with Gasteiger partial charge in [0.2, 0.25) is 0 Å². The number of aromatic amines is 1. The molecule has 9 heavy (non-hydrogen) atoms. The zero-order valence-corrected chi connectivity index (χ0v) is 8.30. The van der Waals surface area contributed by atoms with Gasteiger partial charge in [-0.1, -0.05) is 18.3 Å². The number of aromatic nitrogens is 1. The Morgan fingerprint density at radius 1 is 1.44 bits per heavy atom. The van der Waals surface area contributed by atoms with Gasteiger partial charge >= 0.3 is 25.6 Å². The van der Waals surface area contributed by atoms with Gasteiger partial charge in [0.25, 0.3) is 0 Å². The van der Waals surface area contributed by atoms with Gasteiger partial charge in [-0.25, -0.2) is 0 Å².